The number of ether oxygens (including phenoxy) is 2. The Morgan fingerprint density at radius 2 is 1.75 bits per heavy atom. The van der Waals surface area contributed by atoms with Gasteiger partial charge in [0.2, 0.25) is 0 Å². The van der Waals surface area contributed by atoms with Gasteiger partial charge in [0.15, 0.2) is 0 Å². The van der Waals surface area contributed by atoms with E-state index in [1.807, 2.05) is 0 Å². The van der Waals surface area contributed by atoms with Gasteiger partial charge in [0, 0.05) is 17.7 Å². The van der Waals surface area contributed by atoms with Gasteiger partial charge in [0.1, 0.15) is 11.6 Å². The second-order valence-corrected chi connectivity index (χ2v) is 8.54. The molecule has 1 unspecified atom stereocenters. The fourth-order valence-corrected chi connectivity index (χ4v) is 2.55. The van der Waals surface area contributed by atoms with Crippen LogP contribution >= 0.6 is 0 Å². The van der Waals surface area contributed by atoms with E-state index in [1.54, 1.807) is 71.0 Å². The molecule has 8 heteroatoms. The summed E-state index contributed by atoms with van der Waals surface area (Å²) in [4.78, 5) is 37.3. The summed E-state index contributed by atoms with van der Waals surface area (Å²) in [6, 6.07) is 5.36. The van der Waals surface area contributed by atoms with Crippen LogP contribution in [-0.4, -0.2) is 54.0 Å². The number of carbonyl (C=O) groups is 3. The van der Waals surface area contributed by atoms with Gasteiger partial charge in [-0.15, -0.1) is 0 Å². The zero-order valence-corrected chi connectivity index (χ0v) is 19.4. The first-order valence-electron chi connectivity index (χ1n) is 10.2. The molecular formula is C24H32N2O6. The van der Waals surface area contributed by atoms with E-state index in [-0.39, 0.29) is 6.61 Å². The topological polar surface area (TPSA) is 114 Å². The van der Waals surface area contributed by atoms with Gasteiger partial charge in [0.05, 0.1) is 12.6 Å². The SMILES string of the molecule is COC(=O)C(NC(=O)c1ccc(C#C/C=C/CCO)cc1)C(C)(C)NC(=O)OC(C)(C)C. The Balaban J connectivity index is 2.94. The lowest BCUT2D eigenvalue weighted by molar-refractivity contribution is -0.144. The Labute approximate surface area is 189 Å². The van der Waals surface area contributed by atoms with Crippen LogP contribution in [0.3, 0.4) is 0 Å². The molecule has 32 heavy (non-hydrogen) atoms. The normalized spacial score (nSPS) is 12.3. The number of hydrogen-bond donors (Lipinski definition) is 3. The molecule has 1 rings (SSSR count). The highest BCUT2D eigenvalue weighted by Crippen LogP contribution is 2.15. The lowest BCUT2D eigenvalue weighted by Crippen LogP contribution is -2.62. The monoisotopic (exact) mass is 444 g/mol. The Morgan fingerprint density at radius 3 is 2.28 bits per heavy atom. The number of alkyl carbamates (subject to hydrolysis) is 1. The van der Waals surface area contributed by atoms with Crippen molar-refractivity contribution in [3.63, 3.8) is 0 Å². The van der Waals surface area contributed by atoms with Crippen LogP contribution < -0.4 is 10.6 Å². The molecular weight excluding hydrogens is 412 g/mol. The van der Waals surface area contributed by atoms with Crippen LogP contribution in [0.4, 0.5) is 4.79 Å². The van der Waals surface area contributed by atoms with Crippen LogP contribution in [0.1, 0.15) is 57.0 Å². The molecule has 0 aliphatic carbocycles. The number of esters is 1. The van der Waals surface area contributed by atoms with Crippen molar-refractivity contribution in [2.45, 2.75) is 58.2 Å². The number of benzene rings is 1. The molecule has 0 radical (unpaired) electrons. The number of allylic oxidation sites excluding steroid dienone is 1. The number of hydrogen-bond acceptors (Lipinski definition) is 6. The zero-order chi connectivity index (χ0) is 24.4. The second-order valence-electron chi connectivity index (χ2n) is 8.54. The minimum Gasteiger partial charge on any atom is -0.467 e. The van der Waals surface area contributed by atoms with Crippen molar-refractivity contribution in [3.8, 4) is 11.8 Å². The molecule has 0 bridgehead atoms. The van der Waals surface area contributed by atoms with E-state index >= 15 is 0 Å². The molecule has 8 nitrogen and oxygen atoms in total. The predicted molar refractivity (Wildman–Crippen MR) is 121 cm³/mol. The van der Waals surface area contributed by atoms with Gasteiger partial charge in [-0.1, -0.05) is 17.9 Å². The first-order valence-corrected chi connectivity index (χ1v) is 10.2. The zero-order valence-electron chi connectivity index (χ0n) is 19.4. The van der Waals surface area contributed by atoms with Crippen molar-refractivity contribution in [3.05, 3.63) is 47.5 Å². The van der Waals surface area contributed by atoms with Crippen molar-refractivity contribution in [2.24, 2.45) is 0 Å². The standard InChI is InChI=1S/C24H32N2O6/c1-23(2,3)32-22(30)26-24(4,5)19(21(29)31-6)25-20(28)18-14-12-17(13-15-18)11-9-7-8-10-16-27/h7-8,12-15,19,27H,10,16H2,1-6H3,(H,25,28)(H,26,30)/b8-7+. The molecule has 0 saturated heterocycles. The molecule has 0 spiro atoms. The summed E-state index contributed by atoms with van der Waals surface area (Å²) in [6.07, 6.45) is 3.22. The van der Waals surface area contributed by atoms with E-state index < -0.39 is 35.2 Å². The molecule has 1 aromatic rings. The number of aliphatic hydroxyl groups is 1. The Hall–Kier alpha value is -3.31. The second kappa shape index (κ2) is 11.9. The largest absolute Gasteiger partial charge is 0.467 e. The van der Waals surface area contributed by atoms with Crippen LogP contribution in [0.5, 0.6) is 0 Å². The van der Waals surface area contributed by atoms with Crippen LogP contribution in [-0.2, 0) is 14.3 Å². The van der Waals surface area contributed by atoms with Gasteiger partial charge >= 0.3 is 12.1 Å². The molecule has 174 valence electrons. The van der Waals surface area contributed by atoms with E-state index in [2.05, 4.69) is 22.5 Å². The van der Waals surface area contributed by atoms with Crippen LogP contribution in [0.2, 0.25) is 0 Å². The van der Waals surface area contributed by atoms with Crippen molar-refractivity contribution in [1.29, 1.82) is 0 Å². The van der Waals surface area contributed by atoms with E-state index in [1.165, 1.54) is 7.11 Å². The number of rotatable bonds is 7. The van der Waals surface area contributed by atoms with Crippen molar-refractivity contribution < 1.29 is 29.0 Å². The van der Waals surface area contributed by atoms with Crippen molar-refractivity contribution in [2.75, 3.05) is 13.7 Å². The summed E-state index contributed by atoms with van der Waals surface area (Å²) in [5.74, 6) is 4.53. The van der Waals surface area contributed by atoms with Gasteiger partial charge in [-0.2, -0.15) is 0 Å². The summed E-state index contributed by atoms with van der Waals surface area (Å²) in [5.41, 5.74) is -0.902. The van der Waals surface area contributed by atoms with Crippen LogP contribution in [0.25, 0.3) is 0 Å². The minimum atomic E-state index is -1.20. The Bertz CT molecular complexity index is 886. The molecule has 2 amide bonds. The third-order valence-electron chi connectivity index (χ3n) is 4.12. The fourth-order valence-electron chi connectivity index (χ4n) is 2.55. The fraction of sp³-hybridized carbons (Fsp3) is 0.458. The highest BCUT2D eigenvalue weighted by atomic mass is 16.6. The maximum absolute atomic E-state index is 12.7. The minimum absolute atomic E-state index is 0.0681. The van der Waals surface area contributed by atoms with Crippen LogP contribution in [0, 0.1) is 11.8 Å². The first-order chi connectivity index (χ1) is 14.9. The third kappa shape index (κ3) is 9.23. The molecule has 0 aliphatic heterocycles. The van der Waals surface area contributed by atoms with E-state index in [4.69, 9.17) is 14.6 Å². The van der Waals surface area contributed by atoms with Gasteiger partial charge in [0.25, 0.3) is 5.91 Å². The predicted octanol–water partition coefficient (Wildman–Crippen LogP) is 2.55. The molecule has 3 N–H and O–H groups in total. The highest BCUT2D eigenvalue weighted by molar-refractivity contribution is 5.97. The van der Waals surface area contributed by atoms with E-state index in [0.717, 1.165) is 0 Å². The van der Waals surface area contributed by atoms with E-state index in [9.17, 15) is 14.4 Å². The average Bonchev–Trinajstić information content (AvgIpc) is 2.69. The van der Waals surface area contributed by atoms with Gasteiger partial charge in [-0.25, -0.2) is 9.59 Å². The Kier molecular flexibility index (Phi) is 9.95. The maximum atomic E-state index is 12.7. The molecule has 1 aromatic carbocycles. The molecule has 0 aliphatic rings. The smallest absolute Gasteiger partial charge is 0.408 e. The summed E-state index contributed by atoms with van der Waals surface area (Å²) in [6.45, 7) is 8.40. The van der Waals surface area contributed by atoms with Crippen LogP contribution in [0.15, 0.2) is 36.4 Å². The summed E-state index contributed by atoms with van der Waals surface area (Å²) in [5, 5.41) is 14.0. The summed E-state index contributed by atoms with van der Waals surface area (Å²) in [7, 11) is 1.20. The number of amides is 2. The Morgan fingerprint density at radius 1 is 1.12 bits per heavy atom. The lowest BCUT2D eigenvalue weighted by Gasteiger charge is -2.34. The molecule has 0 heterocycles. The quantitative estimate of drug-likeness (QED) is 0.440. The number of methoxy groups -OCH3 is 1. The summed E-state index contributed by atoms with van der Waals surface area (Å²) >= 11 is 0. The van der Waals surface area contributed by atoms with Crippen molar-refractivity contribution >= 4 is 18.0 Å². The van der Waals surface area contributed by atoms with E-state index in [0.29, 0.717) is 17.5 Å². The molecule has 0 saturated carbocycles. The summed E-state index contributed by atoms with van der Waals surface area (Å²) < 4.78 is 10.1. The molecule has 0 fully saturated rings. The molecule has 1 atom stereocenters. The third-order valence-corrected chi connectivity index (χ3v) is 4.12. The number of aliphatic hydroxyl groups excluding tert-OH is 1. The number of nitrogens with one attached hydrogen (secondary N) is 2. The van der Waals surface area contributed by atoms with Crippen molar-refractivity contribution in [1.82, 2.24) is 10.6 Å². The average molecular weight is 445 g/mol. The van der Waals surface area contributed by atoms with Gasteiger partial charge < -0.3 is 25.2 Å². The number of carbonyl (C=O) groups excluding carboxylic acids is 3. The lowest BCUT2D eigenvalue weighted by atomic mass is 9.94. The molecule has 0 aromatic heterocycles. The maximum Gasteiger partial charge on any atom is 0.408 e. The van der Waals surface area contributed by atoms with Gasteiger partial charge in [-0.05, 0) is 71.4 Å². The van der Waals surface area contributed by atoms with Gasteiger partial charge in [-0.3, -0.25) is 4.79 Å². The highest BCUT2D eigenvalue weighted by Gasteiger charge is 2.39. The first kappa shape index (κ1) is 26.7.